The van der Waals surface area contributed by atoms with Crippen molar-refractivity contribution in [2.24, 2.45) is 0 Å². The number of nitrogens with one attached hydrogen (secondary N) is 1. The normalized spacial score (nSPS) is 21.2. The van der Waals surface area contributed by atoms with Crippen LogP contribution < -0.4 is 5.32 Å². The van der Waals surface area contributed by atoms with E-state index < -0.39 is 0 Å². The molecule has 1 atom stereocenters. The van der Waals surface area contributed by atoms with Gasteiger partial charge in [-0.3, -0.25) is 0 Å². The molecule has 1 fully saturated rings. The van der Waals surface area contributed by atoms with Gasteiger partial charge < -0.3 is 14.7 Å². The highest BCUT2D eigenvalue weighted by atomic mass is 35.5. The summed E-state index contributed by atoms with van der Waals surface area (Å²) in [7, 11) is 4.13. The zero-order valence-electron chi connectivity index (χ0n) is 14.0. The fourth-order valence-corrected chi connectivity index (χ4v) is 2.93. The second-order valence-electron chi connectivity index (χ2n) is 6.57. The molecular formula is C17H25ClN4O. The van der Waals surface area contributed by atoms with Gasteiger partial charge in [-0.05, 0) is 52.4 Å². The topological polar surface area (TPSA) is 54.2 Å². The van der Waals surface area contributed by atoms with Gasteiger partial charge in [-0.25, -0.2) is 0 Å². The minimum Gasteiger partial charge on any atom is -0.337 e. The van der Waals surface area contributed by atoms with Crippen molar-refractivity contribution in [3.05, 3.63) is 35.7 Å². The number of hydrogen-bond acceptors (Lipinski definition) is 5. The number of nitrogens with zero attached hydrogens (tertiary/aromatic N) is 3. The van der Waals surface area contributed by atoms with Crippen molar-refractivity contribution in [2.75, 3.05) is 20.6 Å². The highest BCUT2D eigenvalue weighted by molar-refractivity contribution is 5.85. The van der Waals surface area contributed by atoms with Gasteiger partial charge in [0.15, 0.2) is 0 Å². The minimum absolute atomic E-state index is 0. The van der Waals surface area contributed by atoms with Crippen molar-refractivity contribution in [1.82, 2.24) is 20.4 Å². The number of halogens is 1. The average Bonchev–Trinajstić information content (AvgIpc) is 2.99. The number of hydrogen-bond donors (Lipinski definition) is 1. The maximum atomic E-state index is 5.52. The van der Waals surface area contributed by atoms with Gasteiger partial charge in [-0.15, -0.1) is 12.4 Å². The smallest absolute Gasteiger partial charge is 0.246 e. The van der Waals surface area contributed by atoms with Crippen LogP contribution in [0.15, 0.2) is 28.8 Å². The summed E-state index contributed by atoms with van der Waals surface area (Å²) < 4.78 is 5.52. The van der Waals surface area contributed by atoms with Crippen LogP contribution in [0, 0.1) is 0 Å². The Morgan fingerprint density at radius 3 is 2.57 bits per heavy atom. The standard InChI is InChI=1S/C17H24N4O.ClH/c1-17(10-4-5-11-18-17)16-19-15(20-22-16)14-8-6-13(7-9-14)12-21(2)3;/h6-9,18H,4-5,10-12H2,1-3H3;1H. The van der Waals surface area contributed by atoms with E-state index in [1.165, 1.54) is 18.4 Å². The Labute approximate surface area is 143 Å². The fourth-order valence-electron chi connectivity index (χ4n) is 2.93. The van der Waals surface area contributed by atoms with Crippen molar-refractivity contribution in [1.29, 1.82) is 0 Å². The number of aromatic nitrogens is 2. The molecule has 0 saturated carbocycles. The summed E-state index contributed by atoms with van der Waals surface area (Å²) in [5, 5.41) is 7.67. The summed E-state index contributed by atoms with van der Waals surface area (Å²) in [6, 6.07) is 8.35. The Balaban J connectivity index is 0.00000192. The van der Waals surface area contributed by atoms with Crippen LogP contribution in [0.25, 0.3) is 11.4 Å². The van der Waals surface area contributed by atoms with Crippen molar-refractivity contribution in [3.63, 3.8) is 0 Å². The predicted octanol–water partition coefficient (Wildman–Crippen LogP) is 3.21. The monoisotopic (exact) mass is 336 g/mol. The Morgan fingerprint density at radius 1 is 1.22 bits per heavy atom. The van der Waals surface area contributed by atoms with Crippen LogP contribution in [-0.4, -0.2) is 35.7 Å². The first-order valence-electron chi connectivity index (χ1n) is 7.90. The van der Waals surface area contributed by atoms with Gasteiger partial charge in [-0.2, -0.15) is 4.98 Å². The number of rotatable bonds is 4. The summed E-state index contributed by atoms with van der Waals surface area (Å²) in [6.45, 7) is 4.08. The zero-order valence-corrected chi connectivity index (χ0v) is 14.8. The Kier molecular flexibility index (Phi) is 5.79. The Hall–Kier alpha value is -1.43. The van der Waals surface area contributed by atoms with Crippen molar-refractivity contribution >= 4 is 12.4 Å². The molecule has 1 aliphatic heterocycles. The molecule has 6 heteroatoms. The average molecular weight is 337 g/mol. The lowest BCUT2D eigenvalue weighted by Crippen LogP contribution is -2.43. The molecule has 1 aliphatic rings. The van der Waals surface area contributed by atoms with Gasteiger partial charge in [0.1, 0.15) is 0 Å². The van der Waals surface area contributed by atoms with Crippen LogP contribution in [0.3, 0.4) is 0 Å². The third-order valence-corrected chi connectivity index (χ3v) is 4.23. The van der Waals surface area contributed by atoms with E-state index in [1.54, 1.807) is 0 Å². The predicted molar refractivity (Wildman–Crippen MR) is 93.6 cm³/mol. The van der Waals surface area contributed by atoms with E-state index in [-0.39, 0.29) is 17.9 Å². The molecule has 1 N–H and O–H groups in total. The molecule has 1 saturated heterocycles. The van der Waals surface area contributed by atoms with Gasteiger partial charge >= 0.3 is 0 Å². The highest BCUT2D eigenvalue weighted by Crippen LogP contribution is 2.30. The van der Waals surface area contributed by atoms with Gasteiger partial charge in [0.2, 0.25) is 11.7 Å². The van der Waals surface area contributed by atoms with Gasteiger partial charge in [0.05, 0.1) is 5.54 Å². The molecule has 2 aromatic rings. The van der Waals surface area contributed by atoms with Crippen molar-refractivity contribution in [3.8, 4) is 11.4 Å². The summed E-state index contributed by atoms with van der Waals surface area (Å²) in [5.74, 6) is 1.36. The van der Waals surface area contributed by atoms with E-state index in [9.17, 15) is 0 Å². The molecule has 0 radical (unpaired) electrons. The lowest BCUT2D eigenvalue weighted by molar-refractivity contribution is 0.207. The second-order valence-corrected chi connectivity index (χ2v) is 6.57. The first-order valence-corrected chi connectivity index (χ1v) is 7.90. The molecule has 23 heavy (non-hydrogen) atoms. The van der Waals surface area contributed by atoms with Crippen molar-refractivity contribution in [2.45, 2.75) is 38.3 Å². The molecule has 0 spiro atoms. The lowest BCUT2D eigenvalue weighted by atomic mass is 9.91. The maximum absolute atomic E-state index is 5.52. The third-order valence-electron chi connectivity index (χ3n) is 4.23. The first kappa shape index (κ1) is 17.9. The summed E-state index contributed by atoms with van der Waals surface area (Å²) in [6.07, 6.45) is 3.45. The van der Waals surface area contributed by atoms with Crippen LogP contribution in [0.4, 0.5) is 0 Å². The third kappa shape index (κ3) is 4.10. The molecule has 2 heterocycles. The minimum atomic E-state index is -0.186. The van der Waals surface area contributed by atoms with E-state index in [0.717, 1.165) is 25.1 Å². The maximum Gasteiger partial charge on any atom is 0.246 e. The molecule has 5 nitrogen and oxygen atoms in total. The van der Waals surface area contributed by atoms with Gasteiger partial charge in [0.25, 0.3) is 0 Å². The molecule has 126 valence electrons. The van der Waals surface area contributed by atoms with Gasteiger partial charge in [0, 0.05) is 12.1 Å². The molecule has 3 rings (SSSR count). The van der Waals surface area contributed by atoms with Crippen LogP contribution in [-0.2, 0) is 12.1 Å². The second kappa shape index (κ2) is 7.43. The number of piperidine rings is 1. The zero-order chi connectivity index (χ0) is 15.6. The quantitative estimate of drug-likeness (QED) is 0.929. The van der Waals surface area contributed by atoms with E-state index in [0.29, 0.717) is 11.7 Å². The van der Waals surface area contributed by atoms with Crippen LogP contribution in [0.2, 0.25) is 0 Å². The highest BCUT2D eigenvalue weighted by Gasteiger charge is 2.34. The summed E-state index contributed by atoms with van der Waals surface area (Å²) >= 11 is 0. The molecular weight excluding hydrogens is 312 g/mol. The Morgan fingerprint density at radius 2 is 1.96 bits per heavy atom. The van der Waals surface area contributed by atoms with E-state index in [4.69, 9.17) is 4.52 Å². The number of benzene rings is 1. The molecule has 0 bridgehead atoms. The summed E-state index contributed by atoms with van der Waals surface area (Å²) in [5.41, 5.74) is 2.09. The lowest BCUT2D eigenvalue weighted by Gasteiger charge is -2.31. The molecule has 0 amide bonds. The molecule has 1 aromatic heterocycles. The molecule has 1 aromatic carbocycles. The summed E-state index contributed by atoms with van der Waals surface area (Å²) in [4.78, 5) is 6.77. The first-order chi connectivity index (χ1) is 10.6. The van der Waals surface area contributed by atoms with Gasteiger partial charge in [-0.1, -0.05) is 29.4 Å². The van der Waals surface area contributed by atoms with Crippen LogP contribution >= 0.6 is 12.4 Å². The molecule has 1 unspecified atom stereocenters. The van der Waals surface area contributed by atoms with Crippen LogP contribution in [0.1, 0.15) is 37.6 Å². The van der Waals surface area contributed by atoms with Crippen molar-refractivity contribution < 1.29 is 4.52 Å². The van der Waals surface area contributed by atoms with E-state index in [1.807, 2.05) is 0 Å². The fraction of sp³-hybridized carbons (Fsp3) is 0.529. The van der Waals surface area contributed by atoms with Crippen LogP contribution in [0.5, 0.6) is 0 Å². The SMILES string of the molecule is CN(C)Cc1ccc(-c2noc(C3(C)CCCCN3)n2)cc1.Cl. The largest absolute Gasteiger partial charge is 0.337 e. The van der Waals surface area contributed by atoms with E-state index in [2.05, 4.69) is 65.6 Å². The Bertz CT molecular complexity index is 618. The molecule has 0 aliphatic carbocycles. The van der Waals surface area contributed by atoms with E-state index >= 15 is 0 Å².